The van der Waals surface area contributed by atoms with E-state index in [1.54, 1.807) is 13.0 Å². The molecule has 0 aliphatic carbocycles. The number of fused-ring (bicyclic) bond motifs is 2. The smallest absolute Gasteiger partial charge is 0.286 e. The predicted molar refractivity (Wildman–Crippen MR) is 206 cm³/mol. The molecule has 12 heteroatoms. The normalized spacial score (nSPS) is 17.4. The first-order valence-electron chi connectivity index (χ1n) is 16.9. The van der Waals surface area contributed by atoms with Gasteiger partial charge in [0.05, 0.1) is 34.0 Å². The minimum atomic E-state index is -0.875. The molecule has 2 N–H and O–H groups in total. The van der Waals surface area contributed by atoms with Crippen molar-refractivity contribution in [3.8, 4) is 23.0 Å². The van der Waals surface area contributed by atoms with E-state index in [0.717, 1.165) is 39.7 Å². The number of nitrogens with zero attached hydrogens (tertiary/aromatic N) is 3. The number of benzene rings is 3. The fourth-order valence-corrected chi connectivity index (χ4v) is 6.57. The fraction of sp³-hybridized carbons (Fsp3) is 0.325. The quantitative estimate of drug-likeness (QED) is 0.123. The highest BCUT2D eigenvalue weighted by Gasteiger charge is 2.40. The highest BCUT2D eigenvalue weighted by atomic mass is 32.2. The molecule has 6 rings (SSSR count). The number of aromatic hydroxyl groups is 1. The number of carbonyl (C=O) groups excluding carboxylic acids is 3. The highest BCUT2D eigenvalue weighted by molar-refractivity contribution is 8.15. The molecule has 52 heavy (non-hydrogen) atoms. The Morgan fingerprint density at radius 2 is 1.77 bits per heavy atom. The fourth-order valence-electron chi connectivity index (χ4n) is 5.71. The molecule has 0 bridgehead atoms. The van der Waals surface area contributed by atoms with E-state index in [2.05, 4.69) is 30.2 Å². The second kappa shape index (κ2) is 16.8. The number of phenolic OH excluding ortho intramolecular Hbond substituents is 1. The van der Waals surface area contributed by atoms with Gasteiger partial charge in [0.15, 0.2) is 5.78 Å². The molecule has 2 unspecified atom stereocenters. The Labute approximate surface area is 308 Å². The molecule has 2 atom stereocenters. The number of amides is 2. The third-order valence-corrected chi connectivity index (χ3v) is 9.77. The molecule has 3 heterocycles. The van der Waals surface area contributed by atoms with Crippen molar-refractivity contribution in [2.45, 2.75) is 71.8 Å². The summed E-state index contributed by atoms with van der Waals surface area (Å²) < 4.78 is 20.5. The molecule has 0 spiro atoms. The summed E-state index contributed by atoms with van der Waals surface area (Å²) in [5, 5.41) is 12.0. The standard InChI is InChI=1S/C33H33N3O7S.C5H7N.C2H6/c1-17-18(2)30-28(19(3)29(17)38)25(37)14-33(4,43-30)16-42-22-10-11-23-24(13-22)36(5)27(34-23)15-41-21-8-6-20(7-9-21)12-26-31(39)35-32(40)44-26;1-4-5(2)6-3;1-2/h6-11,13,26,38H,12,14-16H2,1-5H3,(H,35,39,40);4H,1-3H2;1-2H3. The summed E-state index contributed by atoms with van der Waals surface area (Å²) in [7, 11) is 1.91. The number of ether oxygens (including phenoxy) is 3. The van der Waals surface area contributed by atoms with Crippen LogP contribution in [-0.4, -0.2) is 55.8 Å². The van der Waals surface area contributed by atoms with Gasteiger partial charge in [0, 0.05) is 18.7 Å². The molecular weight excluding hydrogens is 681 g/mol. The predicted octanol–water partition coefficient (Wildman–Crippen LogP) is 7.89. The average Bonchev–Trinajstić information content (AvgIpc) is 3.64. The molecule has 0 saturated carbocycles. The third-order valence-electron chi connectivity index (χ3n) is 8.78. The molecule has 2 amide bonds. The van der Waals surface area contributed by atoms with Gasteiger partial charge in [0.1, 0.15) is 47.6 Å². The Morgan fingerprint density at radius 1 is 1.10 bits per heavy atom. The third kappa shape index (κ3) is 8.74. The number of imide groups is 1. The van der Waals surface area contributed by atoms with Crippen LogP contribution in [0.15, 0.2) is 72.4 Å². The molecule has 274 valence electrons. The summed E-state index contributed by atoms with van der Waals surface area (Å²) in [5.74, 6) is 2.33. The van der Waals surface area contributed by atoms with E-state index < -0.39 is 10.9 Å². The van der Waals surface area contributed by atoms with Crippen LogP contribution in [0.2, 0.25) is 0 Å². The highest BCUT2D eigenvalue weighted by Crippen LogP contribution is 2.43. The van der Waals surface area contributed by atoms with Crippen LogP contribution >= 0.6 is 11.8 Å². The first-order chi connectivity index (χ1) is 24.7. The van der Waals surface area contributed by atoms with Gasteiger partial charge in [0.25, 0.3) is 5.24 Å². The monoisotopic (exact) mass is 726 g/mol. The lowest BCUT2D eigenvalue weighted by Crippen LogP contribution is -2.44. The Morgan fingerprint density at radius 3 is 2.37 bits per heavy atom. The summed E-state index contributed by atoms with van der Waals surface area (Å²) in [6.07, 6.45) is 2.15. The maximum Gasteiger partial charge on any atom is 0.286 e. The van der Waals surface area contributed by atoms with E-state index >= 15 is 0 Å². The van der Waals surface area contributed by atoms with Gasteiger partial charge in [0.2, 0.25) is 5.91 Å². The van der Waals surface area contributed by atoms with Crippen LogP contribution in [0.1, 0.15) is 65.6 Å². The van der Waals surface area contributed by atoms with Crippen molar-refractivity contribution < 1.29 is 33.7 Å². The molecule has 2 aliphatic rings. The van der Waals surface area contributed by atoms with E-state index in [9.17, 15) is 19.5 Å². The summed E-state index contributed by atoms with van der Waals surface area (Å²) in [6, 6.07) is 13.1. The van der Waals surface area contributed by atoms with Gasteiger partial charge in [-0.3, -0.25) is 24.7 Å². The number of hydrogen-bond donors (Lipinski definition) is 2. The number of imidazole rings is 1. The average molecular weight is 727 g/mol. The Kier molecular flexibility index (Phi) is 12.7. The molecule has 1 fully saturated rings. The second-order valence-corrected chi connectivity index (χ2v) is 13.7. The number of thioether (sulfide) groups is 1. The zero-order chi connectivity index (χ0) is 38.3. The van der Waals surface area contributed by atoms with E-state index in [1.807, 2.05) is 88.7 Å². The summed E-state index contributed by atoms with van der Waals surface area (Å²) in [5.41, 5.74) is 4.78. The van der Waals surface area contributed by atoms with Gasteiger partial charge >= 0.3 is 0 Å². The minimum absolute atomic E-state index is 0.0775. The van der Waals surface area contributed by atoms with Crippen molar-refractivity contribution >= 4 is 46.4 Å². The summed E-state index contributed by atoms with van der Waals surface area (Å²) in [4.78, 5) is 44.6. The number of aryl methyl sites for hydroxylation is 1. The lowest BCUT2D eigenvalue weighted by atomic mass is 9.86. The lowest BCUT2D eigenvalue weighted by molar-refractivity contribution is -0.118. The number of aliphatic imine (C=N–C) groups is 1. The topological polar surface area (TPSA) is 141 Å². The maximum absolute atomic E-state index is 13.1. The zero-order valence-electron chi connectivity index (χ0n) is 30.8. The lowest BCUT2D eigenvalue weighted by Gasteiger charge is -2.36. The van der Waals surface area contributed by atoms with E-state index in [-0.39, 0.29) is 42.3 Å². The zero-order valence-corrected chi connectivity index (χ0v) is 31.6. The van der Waals surface area contributed by atoms with Crippen LogP contribution < -0.4 is 19.5 Å². The van der Waals surface area contributed by atoms with E-state index in [1.165, 1.54) is 0 Å². The Hall–Kier alpha value is -5.36. The van der Waals surface area contributed by atoms with Crippen LogP contribution in [-0.2, 0) is 24.9 Å². The molecule has 11 nitrogen and oxygen atoms in total. The minimum Gasteiger partial charge on any atom is -0.507 e. The number of phenols is 1. The van der Waals surface area contributed by atoms with Crippen molar-refractivity contribution in [3.63, 3.8) is 0 Å². The molecule has 4 aromatic rings. The largest absolute Gasteiger partial charge is 0.507 e. The number of allylic oxidation sites excluding steroid dienone is 1. The van der Waals surface area contributed by atoms with Gasteiger partial charge in [-0.25, -0.2) is 4.98 Å². The first-order valence-corrected chi connectivity index (χ1v) is 17.8. The van der Waals surface area contributed by atoms with Crippen molar-refractivity contribution in [1.29, 1.82) is 0 Å². The first kappa shape index (κ1) is 39.4. The summed E-state index contributed by atoms with van der Waals surface area (Å²) in [6.45, 7) is 21.7. The van der Waals surface area contributed by atoms with Gasteiger partial charge in [-0.2, -0.15) is 0 Å². The van der Waals surface area contributed by atoms with Crippen molar-refractivity contribution in [2.24, 2.45) is 12.0 Å². The van der Waals surface area contributed by atoms with Crippen molar-refractivity contribution in [2.75, 3.05) is 6.61 Å². The number of aromatic nitrogens is 2. The van der Waals surface area contributed by atoms with E-state index in [0.29, 0.717) is 46.1 Å². The molecule has 1 saturated heterocycles. The number of ketones is 1. The number of Topliss-reactive ketones (excluding diaryl/α,β-unsaturated/α-hetero) is 1. The molecule has 1 aromatic heterocycles. The van der Waals surface area contributed by atoms with Gasteiger partial charge < -0.3 is 23.9 Å². The second-order valence-electron chi connectivity index (χ2n) is 12.5. The number of nitrogens with one attached hydrogen (secondary N) is 1. The van der Waals surface area contributed by atoms with Gasteiger partial charge in [-0.1, -0.05) is 50.9 Å². The molecule has 2 aliphatic heterocycles. The van der Waals surface area contributed by atoms with Crippen LogP contribution in [0, 0.1) is 20.8 Å². The number of rotatable bonds is 10. The van der Waals surface area contributed by atoms with Crippen LogP contribution in [0.4, 0.5) is 4.79 Å². The van der Waals surface area contributed by atoms with Crippen molar-refractivity contribution in [1.82, 2.24) is 14.9 Å². The molecule has 0 radical (unpaired) electrons. The van der Waals surface area contributed by atoms with Crippen molar-refractivity contribution in [3.05, 3.63) is 101 Å². The van der Waals surface area contributed by atoms with Crippen LogP contribution in [0.3, 0.4) is 0 Å². The van der Waals surface area contributed by atoms with Crippen LogP contribution in [0.5, 0.6) is 23.0 Å². The molecular formula is C40H46N4O7S. The number of carbonyl (C=O) groups is 3. The van der Waals surface area contributed by atoms with E-state index in [4.69, 9.17) is 19.2 Å². The summed E-state index contributed by atoms with van der Waals surface area (Å²) >= 11 is 1.02. The Balaban J connectivity index is 0.000000688. The van der Waals surface area contributed by atoms with Gasteiger partial charge in [-0.05, 0) is 87.9 Å². The Bertz CT molecular complexity index is 2030. The maximum atomic E-state index is 13.1. The SMILES string of the molecule is C=CC(=C)N=C.CC.Cc1c(C)c2c(c(C)c1O)C(=O)CC(C)(COc1ccc3nc(COc4ccc(CC5SC(=O)NC5=O)cc4)n(C)c3c1)O2. The molecule has 3 aromatic carbocycles. The number of hydrogen-bond acceptors (Lipinski definition) is 10. The van der Waals surface area contributed by atoms with Gasteiger partial charge in [-0.15, -0.1) is 0 Å². The van der Waals surface area contributed by atoms with Crippen LogP contribution in [0.25, 0.3) is 11.0 Å².